The van der Waals surface area contributed by atoms with Gasteiger partial charge in [0.25, 0.3) is 5.56 Å². The van der Waals surface area contributed by atoms with Crippen LogP contribution in [0.4, 0.5) is 0 Å². The third kappa shape index (κ3) is 5.88. The number of hydrogen-bond acceptors (Lipinski definition) is 7. The molecule has 0 N–H and O–H groups in total. The highest BCUT2D eigenvalue weighted by molar-refractivity contribution is 7.07. The van der Waals surface area contributed by atoms with Crippen LogP contribution in [0.1, 0.15) is 47.7 Å². The first kappa shape index (κ1) is 28.1. The van der Waals surface area contributed by atoms with Gasteiger partial charge >= 0.3 is 5.97 Å². The maximum atomic E-state index is 13.9. The van der Waals surface area contributed by atoms with Crippen LogP contribution in [-0.2, 0) is 16.1 Å². The Morgan fingerprint density at radius 2 is 1.66 bits per heavy atom. The van der Waals surface area contributed by atoms with E-state index < -0.39 is 12.0 Å². The maximum absolute atomic E-state index is 13.9. The number of benzene rings is 3. The highest BCUT2D eigenvalue weighted by atomic mass is 32.1. The minimum absolute atomic E-state index is 0.229. The Bertz CT molecular complexity index is 1800. The summed E-state index contributed by atoms with van der Waals surface area (Å²) in [6.07, 6.45) is 1.81. The molecular formula is C33H32N2O5S. The van der Waals surface area contributed by atoms with E-state index in [2.05, 4.69) is 17.1 Å². The second kappa shape index (κ2) is 12.0. The lowest BCUT2D eigenvalue weighted by atomic mass is 9.95. The molecule has 3 aromatic carbocycles. The van der Waals surface area contributed by atoms with Crippen molar-refractivity contribution in [2.75, 3.05) is 13.7 Å². The second-order valence-electron chi connectivity index (χ2n) is 9.90. The highest BCUT2D eigenvalue weighted by Crippen LogP contribution is 2.31. The van der Waals surface area contributed by atoms with Gasteiger partial charge in [0.2, 0.25) is 0 Å². The summed E-state index contributed by atoms with van der Waals surface area (Å²) in [7, 11) is 1.59. The zero-order valence-electron chi connectivity index (χ0n) is 23.8. The predicted octanol–water partition coefficient (Wildman–Crippen LogP) is 5.00. The molecule has 7 nitrogen and oxygen atoms in total. The number of aromatic nitrogens is 1. The van der Waals surface area contributed by atoms with Gasteiger partial charge in [-0.05, 0) is 62.6 Å². The molecule has 0 saturated carbocycles. The fourth-order valence-corrected chi connectivity index (χ4v) is 5.79. The van der Waals surface area contributed by atoms with Gasteiger partial charge in [0, 0.05) is 0 Å². The van der Waals surface area contributed by atoms with Crippen molar-refractivity contribution < 1.29 is 19.0 Å². The SMILES string of the molecule is CCOC(=O)C1=C(C)N=c2s/c(=C/c3ccc(OCc4ccc(C)cc4)c(OC)c3)c(=O)n2[C@@H]1c1ccc(C)cc1. The lowest BCUT2D eigenvalue weighted by Crippen LogP contribution is -2.39. The van der Waals surface area contributed by atoms with Crippen LogP contribution in [0.15, 0.2) is 87.8 Å². The summed E-state index contributed by atoms with van der Waals surface area (Å²) < 4.78 is 19.1. The van der Waals surface area contributed by atoms with Crippen molar-refractivity contribution in [2.24, 2.45) is 4.99 Å². The fourth-order valence-electron chi connectivity index (χ4n) is 4.75. The monoisotopic (exact) mass is 568 g/mol. The van der Waals surface area contributed by atoms with Crippen LogP contribution in [0.2, 0.25) is 0 Å². The summed E-state index contributed by atoms with van der Waals surface area (Å²) >= 11 is 1.29. The van der Waals surface area contributed by atoms with E-state index in [-0.39, 0.29) is 12.2 Å². The van der Waals surface area contributed by atoms with Crippen LogP contribution in [0.25, 0.3) is 6.08 Å². The number of hydrogen-bond donors (Lipinski definition) is 0. The van der Waals surface area contributed by atoms with Crippen LogP contribution in [-0.4, -0.2) is 24.3 Å². The molecule has 0 amide bonds. The molecule has 0 radical (unpaired) electrons. The molecule has 210 valence electrons. The molecule has 8 heteroatoms. The van der Waals surface area contributed by atoms with Crippen molar-refractivity contribution in [2.45, 2.75) is 40.3 Å². The molecule has 0 aliphatic carbocycles. The number of esters is 1. The molecule has 1 aliphatic heterocycles. The Balaban J connectivity index is 1.53. The lowest BCUT2D eigenvalue weighted by molar-refractivity contribution is -0.139. The summed E-state index contributed by atoms with van der Waals surface area (Å²) in [5.41, 5.74) is 5.61. The quantitative estimate of drug-likeness (QED) is 0.280. The van der Waals surface area contributed by atoms with Gasteiger partial charge in [-0.1, -0.05) is 77.1 Å². The van der Waals surface area contributed by atoms with Crippen LogP contribution < -0.4 is 24.4 Å². The van der Waals surface area contributed by atoms with Gasteiger partial charge in [-0.3, -0.25) is 9.36 Å². The number of aryl methyl sites for hydroxylation is 2. The molecule has 2 heterocycles. The van der Waals surface area contributed by atoms with Crippen molar-refractivity contribution >= 4 is 23.4 Å². The Morgan fingerprint density at radius 1 is 0.976 bits per heavy atom. The van der Waals surface area contributed by atoms with Crippen molar-refractivity contribution in [1.82, 2.24) is 4.57 Å². The third-order valence-electron chi connectivity index (χ3n) is 6.91. The molecule has 0 unspecified atom stereocenters. The predicted molar refractivity (Wildman–Crippen MR) is 160 cm³/mol. The molecule has 0 fully saturated rings. The topological polar surface area (TPSA) is 79.1 Å². The maximum Gasteiger partial charge on any atom is 0.338 e. The van der Waals surface area contributed by atoms with E-state index in [1.54, 1.807) is 25.5 Å². The normalized spacial score (nSPS) is 14.9. The van der Waals surface area contributed by atoms with Crippen molar-refractivity contribution in [3.05, 3.63) is 126 Å². The first-order valence-electron chi connectivity index (χ1n) is 13.4. The average molecular weight is 569 g/mol. The zero-order valence-corrected chi connectivity index (χ0v) is 24.6. The largest absolute Gasteiger partial charge is 0.493 e. The van der Waals surface area contributed by atoms with Gasteiger partial charge in [0.1, 0.15) is 6.61 Å². The summed E-state index contributed by atoms with van der Waals surface area (Å²) in [5, 5.41) is 0. The van der Waals surface area contributed by atoms with E-state index in [0.717, 1.165) is 22.3 Å². The molecule has 41 heavy (non-hydrogen) atoms. The Labute approximate surface area is 242 Å². The zero-order chi connectivity index (χ0) is 29.1. The second-order valence-corrected chi connectivity index (χ2v) is 10.9. The molecule has 1 aliphatic rings. The molecule has 1 atom stereocenters. The van der Waals surface area contributed by atoms with E-state index in [1.807, 2.05) is 74.5 Å². The lowest BCUT2D eigenvalue weighted by Gasteiger charge is -2.24. The van der Waals surface area contributed by atoms with Crippen LogP contribution >= 0.6 is 11.3 Å². The number of carbonyl (C=O) groups excluding carboxylic acids is 1. The minimum Gasteiger partial charge on any atom is -0.493 e. The van der Waals surface area contributed by atoms with E-state index in [1.165, 1.54) is 16.9 Å². The Hall–Kier alpha value is -4.43. The minimum atomic E-state index is -0.639. The highest BCUT2D eigenvalue weighted by Gasteiger charge is 2.33. The molecule has 5 rings (SSSR count). The average Bonchev–Trinajstić information content (AvgIpc) is 3.26. The molecular weight excluding hydrogens is 536 g/mol. The van der Waals surface area contributed by atoms with E-state index in [0.29, 0.717) is 38.7 Å². The van der Waals surface area contributed by atoms with Gasteiger partial charge < -0.3 is 14.2 Å². The van der Waals surface area contributed by atoms with Crippen LogP contribution in [0, 0.1) is 13.8 Å². The fraction of sp³-hybridized carbons (Fsp3) is 0.242. The molecule has 4 aromatic rings. The van der Waals surface area contributed by atoms with Crippen LogP contribution in [0.5, 0.6) is 11.5 Å². The number of carbonyl (C=O) groups is 1. The van der Waals surface area contributed by atoms with Crippen LogP contribution in [0.3, 0.4) is 0 Å². The number of nitrogens with zero attached hydrogens (tertiary/aromatic N) is 2. The molecule has 1 aromatic heterocycles. The van der Waals surface area contributed by atoms with E-state index in [9.17, 15) is 9.59 Å². The first-order valence-corrected chi connectivity index (χ1v) is 14.2. The number of methoxy groups -OCH3 is 1. The summed E-state index contributed by atoms with van der Waals surface area (Å²) in [4.78, 5) is 32.1. The molecule has 0 bridgehead atoms. The standard InChI is InChI=1S/C33H32N2O5S/c1-6-39-32(37)29-22(4)34-33-35(30(29)25-14-9-21(3)10-15-25)31(36)28(41-33)18-24-13-16-26(27(17-24)38-5)40-19-23-11-7-20(2)8-12-23/h7-18,30H,6,19H2,1-5H3/b28-18+/t30-/m1/s1. The van der Waals surface area contributed by atoms with Crippen molar-refractivity contribution in [3.63, 3.8) is 0 Å². The van der Waals surface area contributed by atoms with Gasteiger partial charge in [-0.15, -0.1) is 0 Å². The first-order chi connectivity index (χ1) is 19.8. The molecule has 0 saturated heterocycles. The number of rotatable bonds is 8. The summed E-state index contributed by atoms with van der Waals surface area (Å²) in [5.74, 6) is 0.705. The van der Waals surface area contributed by atoms with Gasteiger partial charge in [0.15, 0.2) is 16.3 Å². The summed E-state index contributed by atoms with van der Waals surface area (Å²) in [6, 6.07) is 20.9. The van der Waals surface area contributed by atoms with Crippen molar-refractivity contribution in [3.8, 4) is 11.5 Å². The van der Waals surface area contributed by atoms with Gasteiger partial charge in [0.05, 0.1) is 35.6 Å². The van der Waals surface area contributed by atoms with Gasteiger partial charge in [-0.2, -0.15) is 0 Å². The van der Waals surface area contributed by atoms with Crippen molar-refractivity contribution in [1.29, 1.82) is 0 Å². The molecule has 0 spiro atoms. The van der Waals surface area contributed by atoms with E-state index >= 15 is 0 Å². The van der Waals surface area contributed by atoms with E-state index in [4.69, 9.17) is 14.2 Å². The third-order valence-corrected chi connectivity index (χ3v) is 7.89. The summed E-state index contributed by atoms with van der Waals surface area (Å²) in [6.45, 7) is 8.23. The number of allylic oxidation sites excluding steroid dienone is 1. The number of thiazole rings is 1. The van der Waals surface area contributed by atoms with Gasteiger partial charge in [-0.25, -0.2) is 9.79 Å². The Kier molecular flexibility index (Phi) is 8.21. The Morgan fingerprint density at radius 3 is 2.32 bits per heavy atom. The number of ether oxygens (including phenoxy) is 3. The number of fused-ring (bicyclic) bond motifs is 1. The smallest absolute Gasteiger partial charge is 0.338 e.